The summed E-state index contributed by atoms with van der Waals surface area (Å²) in [6.07, 6.45) is 3.79. The first-order valence-corrected chi connectivity index (χ1v) is 7.78. The van der Waals surface area contributed by atoms with Gasteiger partial charge in [-0.15, -0.1) is 0 Å². The molecule has 0 bridgehead atoms. The van der Waals surface area contributed by atoms with E-state index in [0.29, 0.717) is 17.2 Å². The van der Waals surface area contributed by atoms with Gasteiger partial charge in [0, 0.05) is 30.5 Å². The molecule has 1 aromatic carbocycles. The number of amides is 1. The molecule has 2 rings (SSSR count). The number of anilines is 1. The zero-order chi connectivity index (χ0) is 16.8. The predicted molar refractivity (Wildman–Crippen MR) is 88.7 cm³/mol. The summed E-state index contributed by atoms with van der Waals surface area (Å²) in [6.45, 7) is 5.44. The quantitative estimate of drug-likeness (QED) is 0.527. The van der Waals surface area contributed by atoms with Gasteiger partial charge in [-0.25, -0.2) is 0 Å². The molecule has 0 spiro atoms. The second-order valence-corrected chi connectivity index (χ2v) is 5.96. The SMILES string of the molecule is CC(=O)c1ccc(NC(=O)/C(C#N)=C\N2CCC(C)CC2)cc1. The lowest BCUT2D eigenvalue weighted by atomic mass is 9.99. The number of hydrogen-bond acceptors (Lipinski definition) is 4. The van der Waals surface area contributed by atoms with Crippen molar-refractivity contribution < 1.29 is 9.59 Å². The van der Waals surface area contributed by atoms with Gasteiger partial charge in [0.2, 0.25) is 0 Å². The van der Waals surface area contributed by atoms with Gasteiger partial charge in [-0.3, -0.25) is 9.59 Å². The summed E-state index contributed by atoms with van der Waals surface area (Å²) in [6, 6.07) is 8.59. The summed E-state index contributed by atoms with van der Waals surface area (Å²) < 4.78 is 0. The Kier molecular flexibility index (Phi) is 5.53. The van der Waals surface area contributed by atoms with Crippen LogP contribution in [0.15, 0.2) is 36.0 Å². The van der Waals surface area contributed by atoms with Crippen molar-refractivity contribution in [3.05, 3.63) is 41.6 Å². The first-order chi connectivity index (χ1) is 11.0. The zero-order valence-electron chi connectivity index (χ0n) is 13.5. The van der Waals surface area contributed by atoms with E-state index in [2.05, 4.69) is 12.2 Å². The maximum Gasteiger partial charge on any atom is 0.267 e. The van der Waals surface area contributed by atoms with Crippen LogP contribution < -0.4 is 5.32 Å². The van der Waals surface area contributed by atoms with Gasteiger partial charge in [-0.1, -0.05) is 6.92 Å². The van der Waals surface area contributed by atoms with Crippen molar-refractivity contribution in [2.24, 2.45) is 5.92 Å². The molecule has 120 valence electrons. The van der Waals surface area contributed by atoms with Crippen LogP contribution in [0.5, 0.6) is 0 Å². The lowest BCUT2D eigenvalue weighted by Gasteiger charge is -2.29. The Hall–Kier alpha value is -2.61. The summed E-state index contributed by atoms with van der Waals surface area (Å²) in [5, 5.41) is 11.9. The number of likely N-dealkylation sites (tertiary alicyclic amines) is 1. The molecule has 1 heterocycles. The van der Waals surface area contributed by atoms with Gasteiger partial charge in [0.15, 0.2) is 5.78 Å². The lowest BCUT2D eigenvalue weighted by molar-refractivity contribution is -0.112. The molecule has 1 aliphatic rings. The molecule has 1 N–H and O–H groups in total. The van der Waals surface area contributed by atoms with Crippen LogP contribution >= 0.6 is 0 Å². The van der Waals surface area contributed by atoms with Crippen LogP contribution in [0, 0.1) is 17.2 Å². The van der Waals surface area contributed by atoms with Crippen molar-refractivity contribution in [1.29, 1.82) is 5.26 Å². The first kappa shape index (κ1) is 16.8. The summed E-state index contributed by atoms with van der Waals surface area (Å²) in [4.78, 5) is 25.5. The average Bonchev–Trinajstić information content (AvgIpc) is 2.54. The topological polar surface area (TPSA) is 73.2 Å². The van der Waals surface area contributed by atoms with Crippen LogP contribution in [0.4, 0.5) is 5.69 Å². The van der Waals surface area contributed by atoms with Gasteiger partial charge >= 0.3 is 0 Å². The number of rotatable bonds is 4. The van der Waals surface area contributed by atoms with E-state index >= 15 is 0 Å². The smallest absolute Gasteiger partial charge is 0.267 e. The highest BCUT2D eigenvalue weighted by atomic mass is 16.1. The van der Waals surface area contributed by atoms with E-state index in [9.17, 15) is 14.9 Å². The lowest BCUT2D eigenvalue weighted by Crippen LogP contribution is -2.29. The molecule has 0 aromatic heterocycles. The normalized spacial score (nSPS) is 15.9. The van der Waals surface area contributed by atoms with E-state index in [0.717, 1.165) is 25.9 Å². The Bertz CT molecular complexity index is 648. The number of nitrogens with one attached hydrogen (secondary N) is 1. The van der Waals surface area contributed by atoms with Crippen molar-refractivity contribution in [1.82, 2.24) is 4.90 Å². The number of piperidine rings is 1. The molecule has 1 saturated heterocycles. The molecule has 1 aliphatic heterocycles. The predicted octanol–water partition coefficient (Wildman–Crippen LogP) is 2.97. The highest BCUT2D eigenvalue weighted by molar-refractivity contribution is 6.06. The summed E-state index contributed by atoms with van der Waals surface area (Å²) in [5.74, 6) is 0.236. The maximum absolute atomic E-state index is 12.2. The fraction of sp³-hybridized carbons (Fsp3) is 0.389. The van der Waals surface area contributed by atoms with Crippen LogP contribution in [-0.2, 0) is 4.79 Å². The molecule has 0 saturated carbocycles. The molecule has 5 heteroatoms. The summed E-state index contributed by atoms with van der Waals surface area (Å²) in [7, 11) is 0. The van der Waals surface area contributed by atoms with Crippen molar-refractivity contribution in [2.75, 3.05) is 18.4 Å². The van der Waals surface area contributed by atoms with E-state index in [4.69, 9.17) is 0 Å². The van der Waals surface area contributed by atoms with Crippen molar-refractivity contribution in [2.45, 2.75) is 26.7 Å². The van der Waals surface area contributed by atoms with Crippen LogP contribution in [0.3, 0.4) is 0 Å². The number of Topliss-reactive ketones (excluding diaryl/α,β-unsaturated/α-hetero) is 1. The molecule has 1 fully saturated rings. The van der Waals surface area contributed by atoms with Gasteiger partial charge in [0.05, 0.1) is 0 Å². The molecule has 0 unspecified atom stereocenters. The van der Waals surface area contributed by atoms with Crippen LogP contribution in [0.2, 0.25) is 0 Å². The minimum absolute atomic E-state index is 0.0280. The van der Waals surface area contributed by atoms with E-state index in [1.807, 2.05) is 11.0 Å². The first-order valence-electron chi connectivity index (χ1n) is 7.78. The second kappa shape index (κ2) is 7.59. The molecule has 1 aromatic rings. The van der Waals surface area contributed by atoms with E-state index in [-0.39, 0.29) is 11.4 Å². The third-order valence-corrected chi connectivity index (χ3v) is 4.04. The maximum atomic E-state index is 12.2. The molecule has 1 amide bonds. The Labute approximate surface area is 136 Å². The monoisotopic (exact) mass is 311 g/mol. The van der Waals surface area contributed by atoms with Gasteiger partial charge in [0.25, 0.3) is 5.91 Å². The van der Waals surface area contributed by atoms with Gasteiger partial charge in [-0.05, 0) is 49.9 Å². The molecule has 23 heavy (non-hydrogen) atoms. The minimum Gasteiger partial charge on any atom is -0.376 e. The van der Waals surface area contributed by atoms with Crippen molar-refractivity contribution in [3.63, 3.8) is 0 Å². The Balaban J connectivity index is 2.02. The number of carbonyl (C=O) groups excluding carboxylic acids is 2. The van der Waals surface area contributed by atoms with E-state index in [1.165, 1.54) is 6.92 Å². The van der Waals surface area contributed by atoms with Gasteiger partial charge < -0.3 is 10.2 Å². The Morgan fingerprint density at radius 2 is 1.87 bits per heavy atom. The van der Waals surface area contributed by atoms with Gasteiger partial charge in [-0.2, -0.15) is 5.26 Å². The Morgan fingerprint density at radius 3 is 2.39 bits per heavy atom. The number of ketones is 1. The third kappa shape index (κ3) is 4.68. The fourth-order valence-corrected chi connectivity index (χ4v) is 2.47. The standard InChI is InChI=1S/C18H21N3O2/c1-13-7-9-21(10-8-13)12-16(11-19)18(23)20-17-5-3-15(4-6-17)14(2)22/h3-6,12-13H,7-10H2,1-2H3,(H,20,23)/b16-12-. The van der Waals surface area contributed by atoms with Crippen molar-refractivity contribution in [3.8, 4) is 6.07 Å². The van der Waals surface area contributed by atoms with Crippen LogP contribution in [-0.4, -0.2) is 29.7 Å². The molecule has 0 radical (unpaired) electrons. The molecular formula is C18H21N3O2. The number of nitriles is 1. The van der Waals surface area contributed by atoms with Crippen LogP contribution in [0.1, 0.15) is 37.0 Å². The molecule has 0 aliphatic carbocycles. The molecular weight excluding hydrogens is 290 g/mol. The fourth-order valence-electron chi connectivity index (χ4n) is 2.47. The van der Waals surface area contributed by atoms with Crippen LogP contribution in [0.25, 0.3) is 0 Å². The number of benzene rings is 1. The average molecular weight is 311 g/mol. The highest BCUT2D eigenvalue weighted by Gasteiger charge is 2.16. The highest BCUT2D eigenvalue weighted by Crippen LogP contribution is 2.17. The second-order valence-electron chi connectivity index (χ2n) is 5.96. The third-order valence-electron chi connectivity index (χ3n) is 4.04. The number of hydrogen-bond donors (Lipinski definition) is 1. The van der Waals surface area contributed by atoms with Gasteiger partial charge in [0.1, 0.15) is 11.6 Å². The number of carbonyl (C=O) groups is 2. The van der Waals surface area contributed by atoms with E-state index in [1.54, 1.807) is 30.5 Å². The zero-order valence-corrected chi connectivity index (χ0v) is 13.5. The minimum atomic E-state index is -0.429. The summed E-state index contributed by atoms with van der Waals surface area (Å²) in [5.41, 5.74) is 1.24. The Morgan fingerprint density at radius 1 is 1.26 bits per heavy atom. The molecule has 0 atom stereocenters. The van der Waals surface area contributed by atoms with Crippen molar-refractivity contribution >= 4 is 17.4 Å². The number of nitrogens with zero attached hydrogens (tertiary/aromatic N) is 2. The van der Waals surface area contributed by atoms with E-state index < -0.39 is 5.91 Å². The largest absolute Gasteiger partial charge is 0.376 e. The summed E-state index contributed by atoms with van der Waals surface area (Å²) >= 11 is 0. The molecule has 5 nitrogen and oxygen atoms in total.